The van der Waals surface area contributed by atoms with Crippen LogP contribution in [0.25, 0.3) is 0 Å². The second-order valence-electron chi connectivity index (χ2n) is 6.41. The maximum absolute atomic E-state index is 12.7. The molecule has 7 nitrogen and oxygen atoms in total. The Balaban J connectivity index is 1.91. The van der Waals surface area contributed by atoms with Crippen molar-refractivity contribution < 1.29 is 21.6 Å². The summed E-state index contributed by atoms with van der Waals surface area (Å²) in [6.07, 6.45) is 0.698. The Bertz CT molecular complexity index is 1000. The molecule has 1 amide bonds. The molecule has 0 aliphatic rings. The van der Waals surface area contributed by atoms with E-state index in [9.17, 15) is 21.6 Å². The summed E-state index contributed by atoms with van der Waals surface area (Å²) in [6.45, 7) is 3.13. The molecule has 1 atom stereocenters. The number of nitrogens with one attached hydrogen (secondary N) is 2. The minimum atomic E-state index is -3.59. The molecule has 2 rings (SSSR count). The van der Waals surface area contributed by atoms with E-state index < -0.39 is 25.1 Å². The minimum absolute atomic E-state index is 0.151. The molecular weight excluding hydrogens is 400 g/mol. The lowest BCUT2D eigenvalue weighted by Crippen LogP contribution is -2.26. The predicted molar refractivity (Wildman–Crippen MR) is 108 cm³/mol. The number of carbonyl (C=O) groups is 1. The second-order valence-corrected chi connectivity index (χ2v) is 10.5. The number of amides is 1. The highest BCUT2D eigenvalue weighted by atomic mass is 32.2. The molecule has 28 heavy (non-hydrogen) atoms. The van der Waals surface area contributed by atoms with E-state index in [0.29, 0.717) is 18.5 Å². The Morgan fingerprint density at radius 1 is 0.929 bits per heavy atom. The molecule has 0 saturated carbocycles. The van der Waals surface area contributed by atoms with Crippen molar-refractivity contribution >= 4 is 31.5 Å². The molecule has 0 bridgehead atoms. The van der Waals surface area contributed by atoms with Crippen molar-refractivity contribution in [1.82, 2.24) is 4.72 Å². The van der Waals surface area contributed by atoms with Gasteiger partial charge in [-0.1, -0.05) is 18.2 Å². The Morgan fingerprint density at radius 2 is 1.54 bits per heavy atom. The highest BCUT2D eigenvalue weighted by Crippen LogP contribution is 2.21. The molecule has 2 aromatic carbocycles. The van der Waals surface area contributed by atoms with E-state index in [4.69, 9.17) is 0 Å². The predicted octanol–water partition coefficient (Wildman–Crippen LogP) is 2.57. The number of carbonyl (C=O) groups excluding carboxylic acids is 1. The lowest BCUT2D eigenvalue weighted by Gasteiger charge is -2.14. The van der Waals surface area contributed by atoms with E-state index >= 15 is 0 Å². The average Bonchev–Trinajstić information content (AvgIpc) is 2.65. The minimum Gasteiger partial charge on any atom is -0.326 e. The van der Waals surface area contributed by atoms with Crippen molar-refractivity contribution in [3.8, 4) is 0 Å². The van der Waals surface area contributed by atoms with E-state index in [-0.39, 0.29) is 22.2 Å². The lowest BCUT2D eigenvalue weighted by molar-refractivity contribution is -0.114. The van der Waals surface area contributed by atoms with Crippen LogP contribution >= 0.6 is 0 Å². The van der Waals surface area contributed by atoms with Crippen LogP contribution in [0.5, 0.6) is 0 Å². The summed E-state index contributed by atoms with van der Waals surface area (Å²) in [7, 11) is -7.14. The second kappa shape index (κ2) is 9.31. The van der Waals surface area contributed by atoms with E-state index in [1.165, 1.54) is 43.3 Å². The van der Waals surface area contributed by atoms with Gasteiger partial charge in [-0.2, -0.15) is 0 Å². The topological polar surface area (TPSA) is 109 Å². The number of rotatable bonds is 9. The summed E-state index contributed by atoms with van der Waals surface area (Å²) in [5, 5.41) is 1.92. The molecule has 0 aliphatic carbocycles. The quantitative estimate of drug-likeness (QED) is 0.601. The van der Waals surface area contributed by atoms with Gasteiger partial charge >= 0.3 is 0 Å². The molecule has 2 aromatic rings. The van der Waals surface area contributed by atoms with Crippen LogP contribution < -0.4 is 10.0 Å². The van der Waals surface area contributed by atoms with Crippen LogP contribution in [-0.4, -0.2) is 34.5 Å². The standard InChI is InChI=1S/C19H24N2O5S2/c1-15(7-6-14-20-28(25,26)19-8-4-3-5-9-19)27(23,24)18-12-10-17(11-13-18)21-16(2)22/h3-5,8-13,15,20H,6-7,14H2,1-2H3,(H,21,22). The van der Waals surface area contributed by atoms with Crippen LogP contribution in [0.1, 0.15) is 26.7 Å². The maximum Gasteiger partial charge on any atom is 0.240 e. The molecule has 0 saturated heterocycles. The molecule has 0 heterocycles. The lowest BCUT2D eigenvalue weighted by atomic mass is 10.2. The molecule has 0 aliphatic heterocycles. The van der Waals surface area contributed by atoms with Crippen LogP contribution in [0.2, 0.25) is 0 Å². The summed E-state index contributed by atoms with van der Waals surface area (Å²) in [4.78, 5) is 11.4. The van der Waals surface area contributed by atoms with E-state index in [0.717, 1.165) is 0 Å². The van der Waals surface area contributed by atoms with E-state index in [2.05, 4.69) is 10.0 Å². The zero-order chi connectivity index (χ0) is 20.8. The van der Waals surface area contributed by atoms with Gasteiger partial charge in [0.2, 0.25) is 15.9 Å². The molecular formula is C19H24N2O5S2. The summed E-state index contributed by atoms with van der Waals surface area (Å²) >= 11 is 0. The van der Waals surface area contributed by atoms with E-state index in [1.807, 2.05) is 0 Å². The molecule has 0 aromatic heterocycles. The first kappa shape index (κ1) is 22.1. The van der Waals surface area contributed by atoms with Gasteiger partial charge in [-0.05, 0) is 56.2 Å². The Kier molecular flexibility index (Phi) is 7.34. The van der Waals surface area contributed by atoms with Crippen LogP contribution in [0.4, 0.5) is 5.69 Å². The number of benzene rings is 2. The monoisotopic (exact) mass is 424 g/mol. The van der Waals surface area contributed by atoms with Gasteiger partial charge in [-0.3, -0.25) is 4.79 Å². The fraction of sp³-hybridized carbons (Fsp3) is 0.316. The number of hydrogen-bond donors (Lipinski definition) is 2. The summed E-state index contributed by atoms with van der Waals surface area (Å²) in [6, 6.07) is 14.0. The molecule has 2 N–H and O–H groups in total. The van der Waals surface area contributed by atoms with Crippen molar-refractivity contribution in [2.75, 3.05) is 11.9 Å². The van der Waals surface area contributed by atoms with Gasteiger partial charge < -0.3 is 5.32 Å². The van der Waals surface area contributed by atoms with Gasteiger partial charge in [0.15, 0.2) is 9.84 Å². The number of sulfone groups is 1. The maximum atomic E-state index is 12.7. The summed E-state index contributed by atoms with van der Waals surface area (Å²) < 4.78 is 52.1. The third-order valence-electron chi connectivity index (χ3n) is 4.17. The fourth-order valence-electron chi connectivity index (χ4n) is 2.60. The molecule has 0 radical (unpaired) electrons. The van der Waals surface area contributed by atoms with Crippen LogP contribution in [-0.2, 0) is 24.7 Å². The third-order valence-corrected chi connectivity index (χ3v) is 7.87. The largest absolute Gasteiger partial charge is 0.326 e. The molecule has 1 unspecified atom stereocenters. The first-order chi connectivity index (χ1) is 13.1. The summed E-state index contributed by atoms with van der Waals surface area (Å²) in [5.74, 6) is -0.234. The highest BCUT2D eigenvalue weighted by molar-refractivity contribution is 7.92. The zero-order valence-corrected chi connectivity index (χ0v) is 17.4. The Labute approximate surface area is 166 Å². The van der Waals surface area contributed by atoms with Gasteiger partial charge in [-0.25, -0.2) is 21.6 Å². The molecule has 0 fully saturated rings. The van der Waals surface area contributed by atoms with Crippen molar-refractivity contribution in [2.24, 2.45) is 0 Å². The highest BCUT2D eigenvalue weighted by Gasteiger charge is 2.23. The smallest absolute Gasteiger partial charge is 0.240 e. The SMILES string of the molecule is CC(=O)Nc1ccc(S(=O)(=O)C(C)CCCNS(=O)(=O)c2ccccc2)cc1. The van der Waals surface area contributed by atoms with Crippen molar-refractivity contribution in [3.63, 3.8) is 0 Å². The number of sulfonamides is 1. The third kappa shape index (κ3) is 5.88. The van der Waals surface area contributed by atoms with Crippen LogP contribution in [0.3, 0.4) is 0 Å². The van der Waals surface area contributed by atoms with Crippen molar-refractivity contribution in [2.45, 2.75) is 41.7 Å². The normalized spacial score (nSPS) is 13.1. The van der Waals surface area contributed by atoms with Gasteiger partial charge in [-0.15, -0.1) is 0 Å². The first-order valence-corrected chi connectivity index (χ1v) is 11.8. The van der Waals surface area contributed by atoms with E-state index in [1.54, 1.807) is 25.1 Å². The molecule has 0 spiro atoms. The first-order valence-electron chi connectivity index (χ1n) is 8.79. The van der Waals surface area contributed by atoms with Gasteiger partial charge in [0, 0.05) is 19.2 Å². The van der Waals surface area contributed by atoms with Gasteiger partial charge in [0.1, 0.15) is 0 Å². The van der Waals surface area contributed by atoms with Gasteiger partial charge in [0.05, 0.1) is 15.0 Å². The molecule has 152 valence electrons. The van der Waals surface area contributed by atoms with Crippen LogP contribution in [0.15, 0.2) is 64.4 Å². The number of hydrogen-bond acceptors (Lipinski definition) is 5. The van der Waals surface area contributed by atoms with Crippen LogP contribution in [0, 0.1) is 0 Å². The van der Waals surface area contributed by atoms with Gasteiger partial charge in [0.25, 0.3) is 0 Å². The van der Waals surface area contributed by atoms with Crippen molar-refractivity contribution in [3.05, 3.63) is 54.6 Å². The zero-order valence-electron chi connectivity index (χ0n) is 15.8. The van der Waals surface area contributed by atoms with Crippen molar-refractivity contribution in [1.29, 1.82) is 0 Å². The average molecular weight is 425 g/mol. The molecule has 9 heteroatoms. The number of anilines is 1. The Hall–Kier alpha value is -2.23. The fourth-order valence-corrected chi connectivity index (χ4v) is 5.15. The summed E-state index contributed by atoms with van der Waals surface area (Å²) in [5.41, 5.74) is 0.523. The Morgan fingerprint density at radius 3 is 2.11 bits per heavy atom.